The third-order valence-corrected chi connectivity index (χ3v) is 12.2. The highest BCUT2D eigenvalue weighted by Crippen LogP contribution is 2.39. The Kier molecular flexibility index (Phi) is 17.9. The van der Waals surface area contributed by atoms with E-state index >= 15 is 0 Å². The van der Waals surface area contributed by atoms with Gasteiger partial charge in [-0.1, -0.05) is 80.6 Å². The zero-order chi connectivity index (χ0) is 37.5. The first-order valence-corrected chi connectivity index (χ1v) is 19.9. The van der Waals surface area contributed by atoms with Crippen LogP contribution in [0.25, 0.3) is 0 Å². The average molecular weight is 1070 g/mol. The van der Waals surface area contributed by atoms with E-state index in [0.29, 0.717) is 25.7 Å². The number of amides is 1. The van der Waals surface area contributed by atoms with Gasteiger partial charge in [0.05, 0.1) is 32.3 Å². The van der Waals surface area contributed by atoms with Crippen LogP contribution >= 0.6 is 67.8 Å². The third kappa shape index (κ3) is 12.3. The number of esters is 2. The molecule has 0 aromatic rings. The number of aliphatic hydroxyl groups is 2. The van der Waals surface area contributed by atoms with Gasteiger partial charge in [-0.25, -0.2) is 0 Å². The van der Waals surface area contributed by atoms with E-state index in [2.05, 4.69) is 45.2 Å². The number of unbranched alkanes of at least 4 members (excludes halogenated alkanes) is 3. The number of halogens is 6. The van der Waals surface area contributed by atoms with Crippen molar-refractivity contribution in [2.24, 2.45) is 0 Å². The van der Waals surface area contributed by atoms with Gasteiger partial charge in [-0.15, -0.1) is 0 Å². The van der Waals surface area contributed by atoms with Crippen molar-refractivity contribution in [1.29, 1.82) is 0 Å². The molecule has 3 fully saturated rings. The minimum Gasteiger partial charge on any atom is -0.458 e. The molecular formula is C30H45F3I3NO13. The van der Waals surface area contributed by atoms with E-state index in [1.807, 2.05) is 27.9 Å². The lowest BCUT2D eigenvalue weighted by atomic mass is 9.99. The normalized spacial score (nSPS) is 39.4. The summed E-state index contributed by atoms with van der Waals surface area (Å²) in [6, 6.07) is 0. The monoisotopic (exact) mass is 1060 g/mol. The van der Waals surface area contributed by atoms with E-state index < -0.39 is 110 Å². The minimum absolute atomic E-state index is 0.0840. The fourth-order valence-corrected chi connectivity index (χ4v) is 8.30. The highest BCUT2D eigenvalue weighted by Gasteiger charge is 2.54. The standard InChI is InChI=1S/C30H45F3I3NO13/c1-12-20(40)21(41)17(34)27(44-12)49-23-14(3)46-28(19(36)24(23)48-16(5)39)50-25-18(35)26(45-13(2)22(25)47-15(4)38)43-11-9-7-6-8-10-37-29(42)30(31,32)33/h12-14,17-28,40-41H,6-11H2,1-5H3,(H,37,42)/t12-,13-,14-,17+,18+,19+,20-,21-,22-,23-,24-,25-,26+,27-,28-/m0/s1. The molecule has 0 aromatic carbocycles. The van der Waals surface area contributed by atoms with E-state index in [1.165, 1.54) is 13.8 Å². The lowest BCUT2D eigenvalue weighted by molar-refractivity contribution is -0.323. The van der Waals surface area contributed by atoms with Crippen molar-refractivity contribution in [3.8, 4) is 0 Å². The lowest BCUT2D eigenvalue weighted by Gasteiger charge is -2.48. The Hall–Kier alpha value is 0.0700. The Labute approximate surface area is 329 Å². The number of alkyl halides is 6. The average Bonchev–Trinajstić information content (AvgIpc) is 3.02. The second-order valence-corrected chi connectivity index (χ2v) is 16.6. The molecule has 0 aliphatic carbocycles. The van der Waals surface area contributed by atoms with E-state index in [4.69, 9.17) is 37.9 Å². The summed E-state index contributed by atoms with van der Waals surface area (Å²) in [5, 5.41) is 22.6. The summed E-state index contributed by atoms with van der Waals surface area (Å²) >= 11 is 6.10. The van der Waals surface area contributed by atoms with Gasteiger partial charge in [0.25, 0.3) is 0 Å². The molecule has 0 unspecified atom stereocenters. The maximum absolute atomic E-state index is 12.3. The second-order valence-electron chi connectivity index (χ2n) is 12.3. The van der Waals surface area contributed by atoms with E-state index in [1.54, 1.807) is 20.8 Å². The Morgan fingerprint density at radius 3 is 1.80 bits per heavy atom. The second kappa shape index (κ2) is 20.1. The minimum atomic E-state index is -4.91. The molecule has 1 amide bonds. The van der Waals surface area contributed by atoms with Gasteiger partial charge >= 0.3 is 24.0 Å². The van der Waals surface area contributed by atoms with Gasteiger partial charge in [0.1, 0.15) is 28.3 Å². The van der Waals surface area contributed by atoms with Crippen LogP contribution in [0.15, 0.2) is 0 Å². The lowest BCUT2D eigenvalue weighted by Crippen LogP contribution is -2.64. The van der Waals surface area contributed by atoms with Crippen LogP contribution in [0.4, 0.5) is 13.2 Å². The predicted octanol–water partition coefficient (Wildman–Crippen LogP) is 3.24. The maximum atomic E-state index is 12.3. The SMILES string of the molecule is CC(=O)O[C@@H]1[C@@H](O[C@@H]2O[C@@H](C)[C@H](O[C@@H]3O[C@@H](C)[C@H](O)[C@@H](O)[C@H]3I)[C@@H](OC(C)=O)[C@H]2I)[C@@H](I)[C@H](OCCCCCCNC(=O)C(F)(F)F)O[C@H]1C. The topological polar surface area (TPSA) is 178 Å². The zero-order valence-corrected chi connectivity index (χ0v) is 34.5. The van der Waals surface area contributed by atoms with E-state index in [9.17, 15) is 37.8 Å². The van der Waals surface area contributed by atoms with Crippen molar-refractivity contribution in [3.63, 3.8) is 0 Å². The molecule has 3 aliphatic rings. The Morgan fingerprint density at radius 2 is 1.18 bits per heavy atom. The third-order valence-electron chi connectivity index (χ3n) is 8.27. The highest BCUT2D eigenvalue weighted by molar-refractivity contribution is 14.1. The molecule has 3 aliphatic heterocycles. The number of aliphatic hydroxyl groups excluding tert-OH is 2. The molecular weight excluding hydrogens is 1020 g/mol. The first-order chi connectivity index (χ1) is 23.3. The van der Waals surface area contributed by atoms with Gasteiger partial charge in [-0.05, 0) is 33.6 Å². The quantitative estimate of drug-likeness (QED) is 0.100. The van der Waals surface area contributed by atoms with Crippen LogP contribution in [0.2, 0.25) is 0 Å². The summed E-state index contributed by atoms with van der Waals surface area (Å²) in [7, 11) is 0. The molecule has 3 N–H and O–H groups in total. The van der Waals surface area contributed by atoms with Crippen LogP contribution in [0.3, 0.4) is 0 Å². The first kappa shape index (κ1) is 44.5. The van der Waals surface area contributed by atoms with Gasteiger partial charge in [0, 0.05) is 27.0 Å². The molecule has 0 bridgehead atoms. The van der Waals surface area contributed by atoms with Gasteiger partial charge < -0.3 is 53.4 Å². The maximum Gasteiger partial charge on any atom is 0.471 e. The van der Waals surface area contributed by atoms with Crippen LogP contribution in [-0.4, -0.2) is 133 Å². The molecule has 50 heavy (non-hydrogen) atoms. The largest absolute Gasteiger partial charge is 0.471 e. The van der Waals surface area contributed by atoms with Gasteiger partial charge in [0.2, 0.25) is 0 Å². The molecule has 3 saturated heterocycles. The fraction of sp³-hybridized carbons (Fsp3) is 0.900. The van der Waals surface area contributed by atoms with Gasteiger partial charge in [-0.3, -0.25) is 14.4 Å². The smallest absolute Gasteiger partial charge is 0.458 e. The zero-order valence-electron chi connectivity index (χ0n) is 28.1. The van der Waals surface area contributed by atoms with Crippen molar-refractivity contribution in [1.82, 2.24) is 5.32 Å². The summed E-state index contributed by atoms with van der Waals surface area (Å²) in [6.07, 6.45) is -13.1. The molecule has 0 aromatic heterocycles. The number of rotatable bonds is 14. The summed E-state index contributed by atoms with van der Waals surface area (Å²) in [4.78, 5) is 35.3. The van der Waals surface area contributed by atoms with Crippen LogP contribution < -0.4 is 5.32 Å². The molecule has 20 heteroatoms. The van der Waals surface area contributed by atoms with Crippen LogP contribution in [-0.2, 0) is 52.3 Å². The molecule has 290 valence electrons. The van der Waals surface area contributed by atoms with Crippen LogP contribution in [0.5, 0.6) is 0 Å². The van der Waals surface area contributed by atoms with Crippen molar-refractivity contribution in [3.05, 3.63) is 0 Å². The Bertz CT molecular complexity index is 1130. The molecule has 14 nitrogen and oxygen atoms in total. The molecule has 0 saturated carbocycles. The van der Waals surface area contributed by atoms with Crippen molar-refractivity contribution in [2.45, 2.75) is 152 Å². The van der Waals surface area contributed by atoms with Crippen LogP contribution in [0, 0.1) is 0 Å². The first-order valence-electron chi connectivity index (χ1n) is 16.2. The molecule has 3 rings (SSSR count). The fourth-order valence-electron chi connectivity index (χ4n) is 5.68. The van der Waals surface area contributed by atoms with Crippen molar-refractivity contribution in [2.75, 3.05) is 13.2 Å². The summed E-state index contributed by atoms with van der Waals surface area (Å²) in [5.41, 5.74) is 0. The summed E-state index contributed by atoms with van der Waals surface area (Å²) in [6.45, 7) is 7.76. The number of ether oxygens (including phenoxy) is 8. The predicted molar refractivity (Wildman–Crippen MR) is 193 cm³/mol. The van der Waals surface area contributed by atoms with Gasteiger partial charge in [-0.2, -0.15) is 13.2 Å². The van der Waals surface area contributed by atoms with Crippen molar-refractivity contribution < 1.29 is 75.7 Å². The van der Waals surface area contributed by atoms with Crippen LogP contribution in [0.1, 0.15) is 60.3 Å². The number of nitrogens with one attached hydrogen (secondary N) is 1. The molecule has 0 spiro atoms. The Morgan fingerprint density at radius 1 is 0.680 bits per heavy atom. The number of carbonyl (C=O) groups is 3. The Balaban J connectivity index is 1.66. The number of hydrogen-bond donors (Lipinski definition) is 3. The van der Waals surface area contributed by atoms with Crippen molar-refractivity contribution >= 4 is 85.6 Å². The summed E-state index contributed by atoms with van der Waals surface area (Å²) in [5.74, 6) is -3.08. The highest BCUT2D eigenvalue weighted by atomic mass is 127. The van der Waals surface area contributed by atoms with Gasteiger partial charge in [0.15, 0.2) is 25.0 Å². The van der Waals surface area contributed by atoms with E-state index in [-0.39, 0.29) is 13.2 Å². The number of hydrogen-bond acceptors (Lipinski definition) is 13. The molecule has 0 radical (unpaired) electrons. The summed E-state index contributed by atoms with van der Waals surface area (Å²) < 4.78 is 83.6. The molecule has 15 atom stereocenters. The number of carbonyl (C=O) groups excluding carboxylic acids is 3. The molecule has 3 heterocycles. The van der Waals surface area contributed by atoms with E-state index in [0.717, 1.165) is 0 Å².